The van der Waals surface area contributed by atoms with E-state index in [0.717, 1.165) is 19.3 Å². The Morgan fingerprint density at radius 2 is 1.93 bits per heavy atom. The van der Waals surface area contributed by atoms with E-state index in [2.05, 4.69) is 13.8 Å². The molecule has 0 heterocycles. The average Bonchev–Trinajstić information content (AvgIpc) is 2.96. The second-order valence-corrected chi connectivity index (χ2v) is 6.42. The molecular weight excluding hydrogens is 198 g/mol. The molecule has 84 valence electrons. The van der Waals surface area contributed by atoms with Crippen molar-refractivity contribution in [2.45, 2.75) is 45.3 Å². The third-order valence-corrected chi connectivity index (χ3v) is 5.31. The van der Waals surface area contributed by atoms with E-state index < -0.39 is 10.0 Å². The number of nitrogens with zero attached hydrogens (tertiary/aromatic N) is 1. The van der Waals surface area contributed by atoms with E-state index in [1.54, 1.807) is 4.31 Å². The van der Waals surface area contributed by atoms with E-state index in [1.165, 1.54) is 0 Å². The molecule has 1 unspecified atom stereocenters. The van der Waals surface area contributed by atoms with Crippen molar-refractivity contribution in [1.82, 2.24) is 4.31 Å². The van der Waals surface area contributed by atoms with Crippen molar-refractivity contribution in [3.05, 3.63) is 0 Å². The molecule has 0 aromatic rings. The van der Waals surface area contributed by atoms with Crippen LogP contribution in [0.15, 0.2) is 0 Å². The Morgan fingerprint density at radius 3 is 2.29 bits per heavy atom. The Labute approximate surface area is 87.5 Å². The van der Waals surface area contributed by atoms with Crippen LogP contribution in [0.5, 0.6) is 0 Å². The number of hydrogen-bond acceptors (Lipinski definition) is 2. The molecule has 0 amide bonds. The van der Waals surface area contributed by atoms with Gasteiger partial charge < -0.3 is 0 Å². The molecule has 0 saturated heterocycles. The number of sulfonamides is 1. The second kappa shape index (κ2) is 4.62. The molecule has 14 heavy (non-hydrogen) atoms. The van der Waals surface area contributed by atoms with Crippen molar-refractivity contribution < 1.29 is 8.42 Å². The van der Waals surface area contributed by atoms with Crippen molar-refractivity contribution in [3.8, 4) is 0 Å². The predicted octanol–water partition coefficient (Wildman–Crippen LogP) is 1.85. The minimum atomic E-state index is -2.95. The zero-order valence-corrected chi connectivity index (χ0v) is 10.2. The maximum absolute atomic E-state index is 11.9. The van der Waals surface area contributed by atoms with Crippen molar-refractivity contribution in [1.29, 1.82) is 0 Å². The molecule has 0 aromatic carbocycles. The Balaban J connectivity index is 2.61. The van der Waals surface area contributed by atoms with Crippen LogP contribution >= 0.6 is 0 Å². The molecule has 1 saturated carbocycles. The average molecular weight is 219 g/mol. The van der Waals surface area contributed by atoms with Gasteiger partial charge in [-0.3, -0.25) is 0 Å². The molecule has 1 aliphatic carbocycles. The van der Waals surface area contributed by atoms with Crippen molar-refractivity contribution in [2.24, 2.45) is 5.92 Å². The van der Waals surface area contributed by atoms with E-state index in [1.807, 2.05) is 6.92 Å². The van der Waals surface area contributed by atoms with Gasteiger partial charge >= 0.3 is 0 Å². The van der Waals surface area contributed by atoms with E-state index >= 15 is 0 Å². The standard InChI is InChI=1S/C10H21NO2S/c1-4-9(3)8-11(5-2)14(12,13)10-6-7-10/h9-10H,4-8H2,1-3H3. The minimum Gasteiger partial charge on any atom is -0.212 e. The third-order valence-electron chi connectivity index (χ3n) is 2.87. The van der Waals surface area contributed by atoms with Crippen LogP contribution in [0.1, 0.15) is 40.0 Å². The van der Waals surface area contributed by atoms with Crippen LogP contribution in [-0.2, 0) is 10.0 Å². The SMILES string of the molecule is CCC(C)CN(CC)S(=O)(=O)C1CC1. The molecule has 1 rings (SSSR count). The first kappa shape index (κ1) is 12.0. The Hall–Kier alpha value is -0.0900. The first-order chi connectivity index (χ1) is 6.52. The lowest BCUT2D eigenvalue weighted by Gasteiger charge is -2.23. The zero-order chi connectivity index (χ0) is 10.8. The largest absolute Gasteiger partial charge is 0.216 e. The smallest absolute Gasteiger partial charge is 0.212 e. The Kier molecular flexibility index (Phi) is 3.95. The summed E-state index contributed by atoms with van der Waals surface area (Å²) in [5.74, 6) is 0.462. The maximum atomic E-state index is 11.9. The summed E-state index contributed by atoms with van der Waals surface area (Å²) in [4.78, 5) is 0. The molecule has 1 atom stereocenters. The van der Waals surface area contributed by atoms with Crippen molar-refractivity contribution in [3.63, 3.8) is 0 Å². The second-order valence-electron chi connectivity index (χ2n) is 4.21. The molecule has 1 fully saturated rings. The van der Waals surface area contributed by atoms with Crippen LogP contribution in [0.3, 0.4) is 0 Å². The summed E-state index contributed by atoms with van der Waals surface area (Å²) in [6, 6.07) is 0. The fourth-order valence-corrected chi connectivity index (χ4v) is 3.44. The quantitative estimate of drug-likeness (QED) is 0.683. The highest BCUT2D eigenvalue weighted by Crippen LogP contribution is 2.31. The topological polar surface area (TPSA) is 37.4 Å². The fourth-order valence-electron chi connectivity index (χ4n) is 1.47. The Bertz CT molecular complexity index is 270. The minimum absolute atomic E-state index is 0.0634. The number of rotatable bonds is 6. The van der Waals surface area contributed by atoms with Gasteiger partial charge in [0.15, 0.2) is 0 Å². The van der Waals surface area contributed by atoms with Gasteiger partial charge in [-0.1, -0.05) is 27.2 Å². The van der Waals surface area contributed by atoms with E-state index in [4.69, 9.17) is 0 Å². The van der Waals surface area contributed by atoms with Gasteiger partial charge in [-0.2, -0.15) is 0 Å². The molecular formula is C10H21NO2S. The normalized spacial score (nSPS) is 20.0. The first-order valence-electron chi connectivity index (χ1n) is 5.51. The lowest BCUT2D eigenvalue weighted by molar-refractivity contribution is 0.361. The first-order valence-corrected chi connectivity index (χ1v) is 7.01. The van der Waals surface area contributed by atoms with Gasteiger partial charge in [-0.25, -0.2) is 12.7 Å². The highest BCUT2D eigenvalue weighted by Gasteiger charge is 2.39. The van der Waals surface area contributed by atoms with Crippen LogP contribution < -0.4 is 0 Å². The summed E-state index contributed by atoms with van der Waals surface area (Å²) >= 11 is 0. The lowest BCUT2D eigenvalue weighted by atomic mass is 10.1. The highest BCUT2D eigenvalue weighted by molar-refractivity contribution is 7.90. The summed E-state index contributed by atoms with van der Waals surface area (Å²) in [6.07, 6.45) is 2.76. The Morgan fingerprint density at radius 1 is 1.36 bits per heavy atom. The molecule has 3 nitrogen and oxygen atoms in total. The van der Waals surface area contributed by atoms with Crippen molar-refractivity contribution in [2.75, 3.05) is 13.1 Å². The van der Waals surface area contributed by atoms with E-state index in [9.17, 15) is 8.42 Å². The van der Waals surface area contributed by atoms with Gasteiger partial charge in [-0.05, 0) is 18.8 Å². The van der Waals surface area contributed by atoms with E-state index in [0.29, 0.717) is 19.0 Å². The van der Waals surface area contributed by atoms with Crippen LogP contribution in [0, 0.1) is 5.92 Å². The van der Waals surface area contributed by atoms with Gasteiger partial charge in [0, 0.05) is 13.1 Å². The molecule has 0 radical (unpaired) electrons. The maximum Gasteiger partial charge on any atom is 0.216 e. The van der Waals surface area contributed by atoms with E-state index in [-0.39, 0.29) is 5.25 Å². The summed E-state index contributed by atoms with van der Waals surface area (Å²) in [6.45, 7) is 7.42. The molecule has 0 aliphatic heterocycles. The summed E-state index contributed by atoms with van der Waals surface area (Å²) < 4.78 is 25.5. The zero-order valence-electron chi connectivity index (χ0n) is 9.36. The third kappa shape index (κ3) is 2.70. The van der Waals surface area contributed by atoms with Crippen LogP contribution in [0.2, 0.25) is 0 Å². The highest BCUT2D eigenvalue weighted by atomic mass is 32.2. The molecule has 0 spiro atoms. The monoisotopic (exact) mass is 219 g/mol. The summed E-state index contributed by atoms with van der Waals surface area (Å²) in [5.41, 5.74) is 0. The fraction of sp³-hybridized carbons (Fsp3) is 1.00. The van der Waals surface area contributed by atoms with Crippen LogP contribution in [0.4, 0.5) is 0 Å². The molecule has 0 aromatic heterocycles. The van der Waals surface area contributed by atoms with Crippen molar-refractivity contribution >= 4 is 10.0 Å². The van der Waals surface area contributed by atoms with Gasteiger partial charge in [0.2, 0.25) is 10.0 Å². The van der Waals surface area contributed by atoms with Gasteiger partial charge in [0.05, 0.1) is 5.25 Å². The molecule has 4 heteroatoms. The molecule has 1 aliphatic rings. The van der Waals surface area contributed by atoms with Gasteiger partial charge in [0.25, 0.3) is 0 Å². The summed E-state index contributed by atoms with van der Waals surface area (Å²) in [5, 5.41) is -0.0634. The lowest BCUT2D eigenvalue weighted by Crippen LogP contribution is -2.36. The molecule has 0 N–H and O–H groups in total. The van der Waals surface area contributed by atoms with Crippen LogP contribution in [-0.4, -0.2) is 31.1 Å². The van der Waals surface area contributed by atoms with Gasteiger partial charge in [0.1, 0.15) is 0 Å². The predicted molar refractivity (Wildman–Crippen MR) is 58.6 cm³/mol. The van der Waals surface area contributed by atoms with Gasteiger partial charge in [-0.15, -0.1) is 0 Å². The molecule has 0 bridgehead atoms. The van der Waals surface area contributed by atoms with Crippen LogP contribution in [0.25, 0.3) is 0 Å². The number of hydrogen-bond donors (Lipinski definition) is 0. The summed E-state index contributed by atoms with van der Waals surface area (Å²) in [7, 11) is -2.95.